The van der Waals surface area contributed by atoms with Gasteiger partial charge in [0.15, 0.2) is 10.8 Å². The Morgan fingerprint density at radius 1 is 1.38 bits per heavy atom. The minimum Gasteiger partial charge on any atom is -0.490 e. The SMILES string of the molecule is CCCCC(CC)COc1cnn(C(C)(C)C)c(=O)c1Cl. The third kappa shape index (κ3) is 5.03. The van der Waals surface area contributed by atoms with Crippen LogP contribution in [0.25, 0.3) is 0 Å². The quantitative estimate of drug-likeness (QED) is 0.756. The Labute approximate surface area is 132 Å². The van der Waals surface area contributed by atoms with Crippen molar-refractivity contribution < 1.29 is 4.74 Å². The first kappa shape index (κ1) is 18.0. The maximum atomic E-state index is 12.2. The second kappa shape index (κ2) is 7.83. The van der Waals surface area contributed by atoms with Gasteiger partial charge < -0.3 is 4.74 Å². The number of halogens is 1. The van der Waals surface area contributed by atoms with Gasteiger partial charge >= 0.3 is 0 Å². The third-order valence-corrected chi connectivity index (χ3v) is 3.89. The summed E-state index contributed by atoms with van der Waals surface area (Å²) in [7, 11) is 0. The fraction of sp³-hybridized carbons (Fsp3) is 0.750. The highest BCUT2D eigenvalue weighted by Gasteiger charge is 2.20. The number of rotatable bonds is 7. The highest BCUT2D eigenvalue weighted by Crippen LogP contribution is 2.22. The molecule has 120 valence electrons. The van der Waals surface area contributed by atoms with Gasteiger partial charge in [0.05, 0.1) is 18.3 Å². The van der Waals surface area contributed by atoms with Gasteiger partial charge in [-0.3, -0.25) is 4.79 Å². The van der Waals surface area contributed by atoms with Crippen LogP contribution < -0.4 is 10.3 Å². The van der Waals surface area contributed by atoms with Crippen LogP contribution in [0, 0.1) is 5.92 Å². The molecule has 0 amide bonds. The first-order valence-electron chi connectivity index (χ1n) is 7.72. The molecule has 5 heteroatoms. The number of unbranched alkanes of at least 4 members (excludes halogenated alkanes) is 1. The van der Waals surface area contributed by atoms with E-state index in [-0.39, 0.29) is 10.6 Å². The average Bonchev–Trinajstić information content (AvgIpc) is 2.42. The van der Waals surface area contributed by atoms with E-state index in [0.717, 1.165) is 12.8 Å². The molecule has 0 aliphatic rings. The summed E-state index contributed by atoms with van der Waals surface area (Å²) in [5.41, 5.74) is -0.699. The van der Waals surface area contributed by atoms with Gasteiger partial charge in [0, 0.05) is 0 Å². The van der Waals surface area contributed by atoms with Crippen LogP contribution in [0.2, 0.25) is 5.02 Å². The summed E-state index contributed by atoms with van der Waals surface area (Å²) in [5.74, 6) is 0.878. The number of hydrogen-bond acceptors (Lipinski definition) is 3. The number of ether oxygens (including phenoxy) is 1. The molecule has 1 atom stereocenters. The van der Waals surface area contributed by atoms with E-state index in [0.29, 0.717) is 18.3 Å². The summed E-state index contributed by atoms with van der Waals surface area (Å²) >= 11 is 6.14. The van der Waals surface area contributed by atoms with Gasteiger partial charge in [-0.1, -0.05) is 44.7 Å². The lowest BCUT2D eigenvalue weighted by Gasteiger charge is -2.21. The Morgan fingerprint density at radius 2 is 2.05 bits per heavy atom. The molecule has 0 spiro atoms. The van der Waals surface area contributed by atoms with Crippen LogP contribution in [0.1, 0.15) is 60.3 Å². The standard InChI is InChI=1S/C16H27ClN2O2/c1-6-8-9-12(7-2)11-21-13-10-18-19(16(3,4)5)15(20)14(13)17/h10,12H,6-9,11H2,1-5H3. The molecule has 0 aromatic carbocycles. The van der Waals surface area contributed by atoms with E-state index in [9.17, 15) is 4.79 Å². The molecule has 0 aliphatic carbocycles. The van der Waals surface area contributed by atoms with Gasteiger partial charge in [-0.15, -0.1) is 0 Å². The van der Waals surface area contributed by atoms with Gasteiger partial charge in [0.25, 0.3) is 5.56 Å². The normalized spacial score (nSPS) is 13.2. The van der Waals surface area contributed by atoms with Crippen molar-refractivity contribution in [2.75, 3.05) is 6.61 Å². The molecular formula is C16H27ClN2O2. The first-order chi connectivity index (χ1) is 9.81. The zero-order chi connectivity index (χ0) is 16.0. The van der Waals surface area contributed by atoms with Gasteiger partial charge in [-0.05, 0) is 33.1 Å². The zero-order valence-corrected chi connectivity index (χ0v) is 14.5. The fourth-order valence-electron chi connectivity index (χ4n) is 2.10. The molecule has 4 nitrogen and oxygen atoms in total. The van der Waals surface area contributed by atoms with Gasteiger partial charge in [0.2, 0.25) is 0 Å². The van der Waals surface area contributed by atoms with E-state index in [1.807, 2.05) is 20.8 Å². The van der Waals surface area contributed by atoms with Crippen molar-refractivity contribution in [3.05, 3.63) is 21.6 Å². The van der Waals surface area contributed by atoms with Crippen LogP contribution in [0.15, 0.2) is 11.0 Å². The van der Waals surface area contributed by atoms with E-state index in [2.05, 4.69) is 18.9 Å². The predicted octanol–water partition coefficient (Wildman–Crippen LogP) is 4.25. The monoisotopic (exact) mass is 314 g/mol. The summed E-state index contributed by atoms with van der Waals surface area (Å²) in [6.45, 7) is 10.7. The van der Waals surface area contributed by atoms with E-state index in [1.165, 1.54) is 17.5 Å². The van der Waals surface area contributed by atoms with Crippen LogP contribution >= 0.6 is 11.6 Å². The Hall–Kier alpha value is -1.03. The molecule has 0 N–H and O–H groups in total. The van der Waals surface area contributed by atoms with Crippen molar-refractivity contribution in [1.82, 2.24) is 9.78 Å². The lowest BCUT2D eigenvalue weighted by atomic mass is 10.0. The minimum absolute atomic E-state index is 0.116. The van der Waals surface area contributed by atoms with Crippen molar-refractivity contribution in [3.63, 3.8) is 0 Å². The van der Waals surface area contributed by atoms with Crippen molar-refractivity contribution in [2.45, 2.75) is 65.8 Å². The van der Waals surface area contributed by atoms with E-state index >= 15 is 0 Å². The minimum atomic E-state index is -0.396. The zero-order valence-electron chi connectivity index (χ0n) is 13.8. The Morgan fingerprint density at radius 3 is 2.57 bits per heavy atom. The van der Waals surface area contributed by atoms with Gasteiger partial charge in [-0.2, -0.15) is 5.10 Å². The van der Waals surface area contributed by atoms with Gasteiger partial charge in [-0.25, -0.2) is 4.68 Å². The average molecular weight is 315 g/mol. The van der Waals surface area contributed by atoms with Crippen molar-refractivity contribution in [1.29, 1.82) is 0 Å². The van der Waals surface area contributed by atoms with E-state index < -0.39 is 5.54 Å². The first-order valence-corrected chi connectivity index (χ1v) is 8.10. The lowest BCUT2D eigenvalue weighted by Crippen LogP contribution is -2.36. The summed E-state index contributed by atoms with van der Waals surface area (Å²) in [4.78, 5) is 12.2. The summed E-state index contributed by atoms with van der Waals surface area (Å²) < 4.78 is 7.11. The molecule has 0 bridgehead atoms. The highest BCUT2D eigenvalue weighted by molar-refractivity contribution is 6.31. The largest absolute Gasteiger partial charge is 0.490 e. The van der Waals surface area contributed by atoms with Crippen LogP contribution in [0.5, 0.6) is 5.75 Å². The van der Waals surface area contributed by atoms with Crippen molar-refractivity contribution in [2.24, 2.45) is 5.92 Å². The summed E-state index contributed by atoms with van der Waals surface area (Å²) in [6, 6.07) is 0. The fourth-order valence-corrected chi connectivity index (χ4v) is 2.29. The second-order valence-corrected chi connectivity index (χ2v) is 6.82. The van der Waals surface area contributed by atoms with Gasteiger partial charge in [0.1, 0.15) is 0 Å². The van der Waals surface area contributed by atoms with Crippen LogP contribution in [0.4, 0.5) is 0 Å². The highest BCUT2D eigenvalue weighted by atomic mass is 35.5. The number of nitrogens with zero attached hydrogens (tertiary/aromatic N) is 2. The molecular weight excluding hydrogens is 288 g/mol. The van der Waals surface area contributed by atoms with Crippen molar-refractivity contribution >= 4 is 11.6 Å². The Balaban J connectivity index is 2.82. The maximum absolute atomic E-state index is 12.2. The molecule has 0 saturated carbocycles. The second-order valence-electron chi connectivity index (χ2n) is 6.44. The summed E-state index contributed by atoms with van der Waals surface area (Å²) in [5, 5.41) is 4.29. The molecule has 0 fully saturated rings. The molecule has 0 saturated heterocycles. The molecule has 1 aromatic rings. The molecule has 21 heavy (non-hydrogen) atoms. The predicted molar refractivity (Wildman–Crippen MR) is 87.3 cm³/mol. The smallest absolute Gasteiger partial charge is 0.289 e. The van der Waals surface area contributed by atoms with E-state index in [1.54, 1.807) is 6.20 Å². The number of aromatic nitrogens is 2. The maximum Gasteiger partial charge on any atom is 0.289 e. The molecule has 0 radical (unpaired) electrons. The van der Waals surface area contributed by atoms with Crippen LogP contribution in [0.3, 0.4) is 0 Å². The van der Waals surface area contributed by atoms with Crippen LogP contribution in [-0.4, -0.2) is 16.4 Å². The number of hydrogen-bond donors (Lipinski definition) is 0. The third-order valence-electron chi connectivity index (χ3n) is 3.54. The molecule has 1 rings (SSSR count). The Bertz CT molecular complexity index is 506. The molecule has 1 unspecified atom stereocenters. The molecule has 0 aliphatic heterocycles. The summed E-state index contributed by atoms with van der Waals surface area (Å²) in [6.07, 6.45) is 6.11. The Kier molecular flexibility index (Phi) is 6.72. The molecule has 1 heterocycles. The van der Waals surface area contributed by atoms with Crippen molar-refractivity contribution in [3.8, 4) is 5.75 Å². The van der Waals surface area contributed by atoms with Crippen LogP contribution in [-0.2, 0) is 5.54 Å². The topological polar surface area (TPSA) is 44.1 Å². The molecule has 1 aromatic heterocycles. The lowest BCUT2D eigenvalue weighted by molar-refractivity contribution is 0.229. The van der Waals surface area contributed by atoms with E-state index in [4.69, 9.17) is 16.3 Å².